The molecule has 1 rings (SSSR count). The fourth-order valence-electron chi connectivity index (χ4n) is 1.31. The van der Waals surface area contributed by atoms with Gasteiger partial charge in [0.25, 0.3) is 0 Å². The van der Waals surface area contributed by atoms with Crippen molar-refractivity contribution in [1.82, 2.24) is 4.90 Å². The maximum absolute atomic E-state index is 8.46. The third-order valence-electron chi connectivity index (χ3n) is 2.32. The fourth-order valence-corrected chi connectivity index (χ4v) is 2.83. The molecule has 90 valence electrons. The van der Waals surface area contributed by atoms with Crippen LogP contribution >= 0.6 is 27.3 Å². The normalized spacial score (nSPS) is 12.3. The van der Waals surface area contributed by atoms with Gasteiger partial charge in [0.15, 0.2) is 0 Å². The summed E-state index contributed by atoms with van der Waals surface area (Å²) in [6.07, 6.45) is 0.591. The maximum Gasteiger partial charge on any atom is 0.140 e. The highest BCUT2D eigenvalue weighted by Crippen LogP contribution is 2.24. The van der Waals surface area contributed by atoms with Crippen LogP contribution < -0.4 is 5.73 Å². The van der Waals surface area contributed by atoms with Gasteiger partial charge in [-0.1, -0.05) is 12.1 Å². The summed E-state index contributed by atoms with van der Waals surface area (Å²) in [7, 11) is 0. The molecule has 0 saturated heterocycles. The summed E-state index contributed by atoms with van der Waals surface area (Å²) in [6.45, 7) is 4.75. The quantitative estimate of drug-likeness (QED) is 0.367. The van der Waals surface area contributed by atoms with Crippen molar-refractivity contribution >= 4 is 33.1 Å². The second-order valence-electron chi connectivity index (χ2n) is 3.40. The average Bonchev–Trinajstić information content (AvgIpc) is 2.69. The Labute approximate surface area is 108 Å². The lowest BCUT2D eigenvalue weighted by Gasteiger charge is -2.19. The van der Waals surface area contributed by atoms with Crippen molar-refractivity contribution in [3.63, 3.8) is 0 Å². The first-order valence-electron chi connectivity index (χ1n) is 5.08. The van der Waals surface area contributed by atoms with E-state index in [1.54, 1.807) is 11.3 Å². The fraction of sp³-hybridized carbons (Fsp3) is 0.500. The van der Waals surface area contributed by atoms with Crippen LogP contribution in [0.4, 0.5) is 0 Å². The minimum Gasteiger partial charge on any atom is -0.409 e. The molecule has 0 aromatic carbocycles. The summed E-state index contributed by atoms with van der Waals surface area (Å²) in [4.78, 5) is 3.57. The van der Waals surface area contributed by atoms with Crippen molar-refractivity contribution in [3.8, 4) is 0 Å². The molecule has 0 unspecified atom stereocenters. The minimum absolute atomic E-state index is 0.281. The number of rotatable bonds is 6. The van der Waals surface area contributed by atoms with Crippen molar-refractivity contribution in [3.05, 3.63) is 20.8 Å². The molecule has 0 saturated carbocycles. The molecule has 0 aliphatic heterocycles. The van der Waals surface area contributed by atoms with Gasteiger partial charge in [0.1, 0.15) is 5.84 Å². The lowest BCUT2D eigenvalue weighted by molar-refractivity contribution is 0.285. The molecule has 0 bridgehead atoms. The van der Waals surface area contributed by atoms with Gasteiger partial charge < -0.3 is 10.9 Å². The lowest BCUT2D eigenvalue weighted by atomic mass is 10.3. The van der Waals surface area contributed by atoms with Gasteiger partial charge in [0.05, 0.1) is 0 Å². The van der Waals surface area contributed by atoms with Gasteiger partial charge in [-0.05, 0) is 33.9 Å². The zero-order valence-electron chi connectivity index (χ0n) is 9.19. The lowest BCUT2D eigenvalue weighted by Crippen LogP contribution is -2.27. The Morgan fingerprint density at radius 3 is 2.94 bits per heavy atom. The van der Waals surface area contributed by atoms with Gasteiger partial charge in [0.2, 0.25) is 0 Å². The highest BCUT2D eigenvalue weighted by molar-refractivity contribution is 9.10. The van der Waals surface area contributed by atoms with Gasteiger partial charge in [0, 0.05) is 28.9 Å². The third kappa shape index (κ3) is 4.11. The molecule has 0 amide bonds. The Bertz CT molecular complexity index is 354. The zero-order chi connectivity index (χ0) is 12.0. The third-order valence-corrected chi connectivity index (χ3v) is 4.23. The largest absolute Gasteiger partial charge is 0.409 e. The second-order valence-corrected chi connectivity index (χ2v) is 5.26. The van der Waals surface area contributed by atoms with E-state index < -0.39 is 0 Å². The number of hydrogen-bond donors (Lipinski definition) is 2. The van der Waals surface area contributed by atoms with Gasteiger partial charge in [-0.15, -0.1) is 11.3 Å². The molecule has 0 spiro atoms. The molecular weight excluding hydrogens is 290 g/mol. The summed E-state index contributed by atoms with van der Waals surface area (Å²) < 4.78 is 1.15. The molecular formula is C10H16BrN3OS. The van der Waals surface area contributed by atoms with E-state index >= 15 is 0 Å². The highest BCUT2D eigenvalue weighted by atomic mass is 79.9. The highest BCUT2D eigenvalue weighted by Gasteiger charge is 2.08. The van der Waals surface area contributed by atoms with Gasteiger partial charge in [-0.3, -0.25) is 4.90 Å². The van der Waals surface area contributed by atoms with Gasteiger partial charge in [-0.25, -0.2) is 0 Å². The number of thiophene rings is 1. The molecule has 6 heteroatoms. The summed E-state index contributed by atoms with van der Waals surface area (Å²) in [5, 5.41) is 13.5. The van der Waals surface area contributed by atoms with E-state index in [9.17, 15) is 0 Å². The summed E-state index contributed by atoms with van der Waals surface area (Å²) in [5.41, 5.74) is 5.45. The van der Waals surface area contributed by atoms with Crippen LogP contribution in [0.1, 0.15) is 18.2 Å². The first-order chi connectivity index (χ1) is 7.67. The van der Waals surface area contributed by atoms with E-state index in [4.69, 9.17) is 10.9 Å². The Balaban J connectivity index is 2.46. The predicted molar refractivity (Wildman–Crippen MR) is 71.0 cm³/mol. The van der Waals surface area contributed by atoms with Crippen LogP contribution in [0.2, 0.25) is 0 Å². The van der Waals surface area contributed by atoms with Crippen LogP contribution in [0, 0.1) is 0 Å². The molecule has 1 aromatic heterocycles. The van der Waals surface area contributed by atoms with Gasteiger partial charge in [-0.2, -0.15) is 0 Å². The Kier molecular flexibility index (Phi) is 5.79. The van der Waals surface area contributed by atoms with Crippen LogP contribution in [0.15, 0.2) is 21.1 Å². The number of oxime groups is 1. The molecule has 4 nitrogen and oxygen atoms in total. The van der Waals surface area contributed by atoms with E-state index in [0.717, 1.165) is 24.1 Å². The minimum atomic E-state index is 0.281. The van der Waals surface area contributed by atoms with Gasteiger partial charge >= 0.3 is 0 Å². The summed E-state index contributed by atoms with van der Waals surface area (Å²) >= 11 is 5.25. The van der Waals surface area contributed by atoms with Crippen LogP contribution in [-0.2, 0) is 6.54 Å². The van der Waals surface area contributed by atoms with E-state index in [0.29, 0.717) is 6.42 Å². The van der Waals surface area contributed by atoms with E-state index in [1.165, 1.54) is 4.88 Å². The van der Waals surface area contributed by atoms with Crippen molar-refractivity contribution in [1.29, 1.82) is 0 Å². The number of hydrogen-bond acceptors (Lipinski definition) is 4. The Morgan fingerprint density at radius 1 is 1.69 bits per heavy atom. The first kappa shape index (κ1) is 13.5. The van der Waals surface area contributed by atoms with E-state index in [1.807, 2.05) is 0 Å². The first-order valence-corrected chi connectivity index (χ1v) is 6.75. The summed E-state index contributed by atoms with van der Waals surface area (Å²) in [6, 6.07) is 2.05. The van der Waals surface area contributed by atoms with Crippen LogP contribution in [0.25, 0.3) is 0 Å². The van der Waals surface area contributed by atoms with Crippen molar-refractivity contribution < 1.29 is 5.21 Å². The number of amidine groups is 1. The van der Waals surface area contributed by atoms with E-state index in [-0.39, 0.29) is 5.84 Å². The molecule has 3 N–H and O–H groups in total. The molecule has 0 aliphatic rings. The van der Waals surface area contributed by atoms with E-state index in [2.05, 4.69) is 44.4 Å². The SMILES string of the molecule is CCN(CCC(N)=NO)Cc1sccc1Br. The van der Waals surface area contributed by atoms with Crippen molar-refractivity contribution in [2.45, 2.75) is 19.9 Å². The number of nitrogens with zero attached hydrogens (tertiary/aromatic N) is 2. The smallest absolute Gasteiger partial charge is 0.140 e. The topological polar surface area (TPSA) is 61.8 Å². The van der Waals surface area contributed by atoms with Crippen molar-refractivity contribution in [2.24, 2.45) is 10.9 Å². The predicted octanol–water partition coefficient (Wildman–Crippen LogP) is 2.47. The standard InChI is InChI=1S/C10H16BrN3OS/c1-2-14(5-3-10(12)13-15)7-9-8(11)4-6-16-9/h4,6,15H,2-3,5,7H2,1H3,(H2,12,13). The molecule has 0 fully saturated rings. The average molecular weight is 306 g/mol. The zero-order valence-corrected chi connectivity index (χ0v) is 11.6. The van der Waals surface area contributed by atoms with Crippen LogP contribution in [0.3, 0.4) is 0 Å². The molecule has 1 aromatic rings. The molecule has 16 heavy (non-hydrogen) atoms. The monoisotopic (exact) mass is 305 g/mol. The number of halogens is 1. The molecule has 0 aliphatic carbocycles. The Hall–Kier alpha value is -0.590. The summed E-state index contributed by atoms with van der Waals surface area (Å²) in [5.74, 6) is 0.281. The molecule has 0 atom stereocenters. The maximum atomic E-state index is 8.46. The van der Waals surface area contributed by atoms with Crippen LogP contribution in [0.5, 0.6) is 0 Å². The second kappa shape index (κ2) is 6.88. The Morgan fingerprint density at radius 2 is 2.44 bits per heavy atom. The molecule has 0 radical (unpaired) electrons. The number of nitrogens with two attached hydrogens (primary N) is 1. The molecule has 1 heterocycles. The van der Waals surface area contributed by atoms with Crippen LogP contribution in [-0.4, -0.2) is 29.0 Å². The van der Waals surface area contributed by atoms with Crippen molar-refractivity contribution in [2.75, 3.05) is 13.1 Å².